The van der Waals surface area contributed by atoms with Gasteiger partial charge in [-0.3, -0.25) is 9.59 Å². The molecule has 1 atom stereocenters. The Kier molecular flexibility index (Phi) is 5.97. The van der Waals surface area contributed by atoms with Gasteiger partial charge in [-0.15, -0.1) is 0 Å². The first kappa shape index (κ1) is 14.0. The van der Waals surface area contributed by atoms with E-state index >= 15 is 0 Å². The quantitative estimate of drug-likeness (QED) is 0.692. The van der Waals surface area contributed by atoms with Gasteiger partial charge in [0.15, 0.2) is 0 Å². The van der Waals surface area contributed by atoms with Crippen molar-refractivity contribution in [1.29, 1.82) is 0 Å². The number of hydrogen-bond donors (Lipinski definition) is 1. The number of carbonyl (C=O) groups is 2. The summed E-state index contributed by atoms with van der Waals surface area (Å²) in [6.45, 7) is 6.42. The molecule has 0 aromatic rings. The molecule has 17 heavy (non-hydrogen) atoms. The van der Waals surface area contributed by atoms with Crippen molar-refractivity contribution in [1.82, 2.24) is 10.2 Å². The van der Waals surface area contributed by atoms with Gasteiger partial charge in [0.2, 0.25) is 11.8 Å². The second-order valence-corrected chi connectivity index (χ2v) is 4.33. The lowest BCUT2D eigenvalue weighted by Gasteiger charge is -2.22. The molecule has 0 bridgehead atoms. The summed E-state index contributed by atoms with van der Waals surface area (Å²) in [7, 11) is 0. The van der Waals surface area contributed by atoms with Crippen LogP contribution < -0.4 is 5.32 Å². The first-order valence-electron chi connectivity index (χ1n) is 6.31. The van der Waals surface area contributed by atoms with Gasteiger partial charge in [-0.05, 0) is 19.8 Å². The van der Waals surface area contributed by atoms with Crippen molar-refractivity contribution in [2.45, 2.75) is 39.2 Å². The Bertz CT molecular complexity index is 268. The fraction of sp³-hybridized carbons (Fsp3) is 0.833. The third-order valence-corrected chi connectivity index (χ3v) is 2.73. The van der Waals surface area contributed by atoms with Crippen molar-refractivity contribution < 1.29 is 14.3 Å². The molecular weight excluding hydrogens is 220 g/mol. The summed E-state index contributed by atoms with van der Waals surface area (Å²) >= 11 is 0. The van der Waals surface area contributed by atoms with Crippen LogP contribution in [0.1, 0.15) is 33.1 Å². The Labute approximate surface area is 102 Å². The van der Waals surface area contributed by atoms with Crippen LogP contribution in [-0.2, 0) is 14.3 Å². The SMILES string of the molecule is CCCOCCCN1CCC(=O)NC(C)C1=O. The van der Waals surface area contributed by atoms with Crippen molar-refractivity contribution in [3.8, 4) is 0 Å². The largest absolute Gasteiger partial charge is 0.381 e. The van der Waals surface area contributed by atoms with Gasteiger partial charge in [0.1, 0.15) is 6.04 Å². The highest BCUT2D eigenvalue weighted by molar-refractivity contribution is 5.89. The fourth-order valence-electron chi connectivity index (χ4n) is 1.82. The van der Waals surface area contributed by atoms with Crippen molar-refractivity contribution in [3.63, 3.8) is 0 Å². The molecule has 0 aliphatic carbocycles. The summed E-state index contributed by atoms with van der Waals surface area (Å²) in [6.07, 6.45) is 2.23. The minimum Gasteiger partial charge on any atom is -0.381 e. The number of hydrogen-bond acceptors (Lipinski definition) is 3. The molecule has 1 saturated heterocycles. The molecule has 0 radical (unpaired) electrons. The molecule has 0 aromatic heterocycles. The van der Waals surface area contributed by atoms with E-state index in [9.17, 15) is 9.59 Å². The highest BCUT2D eigenvalue weighted by Crippen LogP contribution is 2.04. The summed E-state index contributed by atoms with van der Waals surface area (Å²) in [5.74, 6) is -0.0399. The monoisotopic (exact) mass is 242 g/mol. The Balaban J connectivity index is 2.30. The van der Waals surface area contributed by atoms with Crippen molar-refractivity contribution >= 4 is 11.8 Å². The summed E-state index contributed by atoms with van der Waals surface area (Å²) < 4.78 is 5.37. The van der Waals surface area contributed by atoms with E-state index in [4.69, 9.17) is 4.74 Å². The predicted molar refractivity (Wildman–Crippen MR) is 64.5 cm³/mol. The molecule has 1 aliphatic rings. The van der Waals surface area contributed by atoms with E-state index in [0.717, 1.165) is 19.4 Å². The van der Waals surface area contributed by atoms with Gasteiger partial charge in [0.05, 0.1) is 0 Å². The van der Waals surface area contributed by atoms with Crippen LogP contribution in [0.25, 0.3) is 0 Å². The van der Waals surface area contributed by atoms with Crippen molar-refractivity contribution in [2.24, 2.45) is 0 Å². The van der Waals surface area contributed by atoms with E-state index in [1.54, 1.807) is 11.8 Å². The van der Waals surface area contributed by atoms with E-state index in [2.05, 4.69) is 12.2 Å². The van der Waals surface area contributed by atoms with Gasteiger partial charge >= 0.3 is 0 Å². The first-order chi connectivity index (χ1) is 8.15. The van der Waals surface area contributed by atoms with E-state index in [1.807, 2.05) is 0 Å². The smallest absolute Gasteiger partial charge is 0.244 e. The molecule has 98 valence electrons. The van der Waals surface area contributed by atoms with Crippen LogP contribution >= 0.6 is 0 Å². The van der Waals surface area contributed by atoms with Gasteiger partial charge in [-0.2, -0.15) is 0 Å². The number of amides is 2. The van der Waals surface area contributed by atoms with Gasteiger partial charge in [0, 0.05) is 32.7 Å². The number of nitrogens with one attached hydrogen (secondary N) is 1. The zero-order valence-corrected chi connectivity index (χ0v) is 10.7. The van der Waals surface area contributed by atoms with Crippen molar-refractivity contribution in [2.75, 3.05) is 26.3 Å². The molecule has 1 rings (SSSR count). The van der Waals surface area contributed by atoms with Crippen LogP contribution in [0.2, 0.25) is 0 Å². The second-order valence-electron chi connectivity index (χ2n) is 4.33. The van der Waals surface area contributed by atoms with Crippen LogP contribution in [0.3, 0.4) is 0 Å². The summed E-state index contributed by atoms with van der Waals surface area (Å²) in [5, 5.41) is 2.67. The van der Waals surface area contributed by atoms with Crippen LogP contribution in [0, 0.1) is 0 Å². The standard InChI is InChI=1S/C12H22N2O3/c1-3-8-17-9-4-6-14-7-5-11(15)13-10(2)12(14)16/h10H,3-9H2,1-2H3,(H,13,15). The molecular formula is C12H22N2O3. The first-order valence-corrected chi connectivity index (χ1v) is 6.31. The Morgan fingerprint density at radius 1 is 1.41 bits per heavy atom. The summed E-state index contributed by atoms with van der Waals surface area (Å²) in [5.41, 5.74) is 0. The van der Waals surface area contributed by atoms with Gasteiger partial charge in [-0.25, -0.2) is 0 Å². The Morgan fingerprint density at radius 3 is 2.88 bits per heavy atom. The molecule has 1 fully saturated rings. The van der Waals surface area contributed by atoms with E-state index in [0.29, 0.717) is 26.1 Å². The number of nitrogens with zero attached hydrogens (tertiary/aromatic N) is 1. The number of ether oxygens (including phenoxy) is 1. The second kappa shape index (κ2) is 7.27. The van der Waals surface area contributed by atoms with Crippen molar-refractivity contribution in [3.05, 3.63) is 0 Å². The molecule has 5 heteroatoms. The van der Waals surface area contributed by atoms with Crippen LogP contribution in [0.15, 0.2) is 0 Å². The van der Waals surface area contributed by atoms with Crippen LogP contribution in [-0.4, -0.2) is 49.1 Å². The highest BCUT2D eigenvalue weighted by atomic mass is 16.5. The molecule has 5 nitrogen and oxygen atoms in total. The lowest BCUT2D eigenvalue weighted by molar-refractivity contribution is -0.133. The Hall–Kier alpha value is -1.10. The lowest BCUT2D eigenvalue weighted by atomic mass is 10.3. The number of carbonyl (C=O) groups excluding carboxylic acids is 2. The molecule has 1 N–H and O–H groups in total. The van der Waals surface area contributed by atoms with Gasteiger partial charge in [0.25, 0.3) is 0 Å². The van der Waals surface area contributed by atoms with Crippen LogP contribution in [0.5, 0.6) is 0 Å². The zero-order valence-electron chi connectivity index (χ0n) is 10.7. The highest BCUT2D eigenvalue weighted by Gasteiger charge is 2.25. The van der Waals surface area contributed by atoms with E-state index < -0.39 is 6.04 Å². The summed E-state index contributed by atoms with van der Waals surface area (Å²) in [6, 6.07) is -0.401. The maximum absolute atomic E-state index is 11.9. The molecule has 1 unspecified atom stereocenters. The predicted octanol–water partition coefficient (Wildman–Crippen LogP) is 0.540. The maximum Gasteiger partial charge on any atom is 0.244 e. The third kappa shape index (κ3) is 4.73. The average Bonchev–Trinajstić information content (AvgIpc) is 2.42. The lowest BCUT2D eigenvalue weighted by Crippen LogP contribution is -2.43. The van der Waals surface area contributed by atoms with Gasteiger partial charge in [-0.1, -0.05) is 6.92 Å². The topological polar surface area (TPSA) is 58.6 Å². The average molecular weight is 242 g/mol. The van der Waals surface area contributed by atoms with Gasteiger partial charge < -0.3 is 15.0 Å². The number of rotatable bonds is 6. The van der Waals surface area contributed by atoms with E-state index in [-0.39, 0.29) is 11.8 Å². The Morgan fingerprint density at radius 2 is 2.18 bits per heavy atom. The molecule has 0 spiro atoms. The molecule has 1 aliphatic heterocycles. The molecule has 1 heterocycles. The molecule has 0 aromatic carbocycles. The molecule has 0 saturated carbocycles. The fourth-order valence-corrected chi connectivity index (χ4v) is 1.82. The third-order valence-electron chi connectivity index (χ3n) is 2.73. The molecule has 2 amide bonds. The van der Waals surface area contributed by atoms with E-state index in [1.165, 1.54) is 0 Å². The minimum absolute atomic E-state index is 0.00587. The van der Waals surface area contributed by atoms with Crippen LogP contribution in [0.4, 0.5) is 0 Å². The maximum atomic E-state index is 11.9. The minimum atomic E-state index is -0.401. The summed E-state index contributed by atoms with van der Waals surface area (Å²) in [4.78, 5) is 24.9. The normalized spacial score (nSPS) is 21.3. The zero-order chi connectivity index (χ0) is 12.7.